The van der Waals surface area contributed by atoms with Gasteiger partial charge in [0.25, 0.3) is 5.72 Å². The fraction of sp³-hybridized carbons (Fsp3) is 0.304. The van der Waals surface area contributed by atoms with E-state index in [1.165, 1.54) is 6.42 Å². The molecule has 0 spiro atoms. The molecule has 2 aromatic carbocycles. The van der Waals surface area contributed by atoms with Crippen LogP contribution in [0.1, 0.15) is 35.5 Å². The third kappa shape index (κ3) is 4.53. The van der Waals surface area contributed by atoms with Gasteiger partial charge in [-0.15, -0.1) is 11.3 Å². The SMILES string of the molecule is O=CC(Oc1ccccc1)(c1csc(Cc2ccc(Cl)cc2)n1)N1CCCCC1. The third-order valence-corrected chi connectivity index (χ3v) is 6.29. The highest BCUT2D eigenvalue weighted by molar-refractivity contribution is 7.09. The minimum Gasteiger partial charge on any atom is -0.460 e. The fourth-order valence-corrected chi connectivity index (χ4v) is 4.66. The van der Waals surface area contributed by atoms with Crippen LogP contribution in [-0.4, -0.2) is 29.3 Å². The summed E-state index contributed by atoms with van der Waals surface area (Å²) in [4.78, 5) is 19.5. The summed E-state index contributed by atoms with van der Waals surface area (Å²) in [7, 11) is 0. The fourth-order valence-electron chi connectivity index (χ4n) is 3.67. The van der Waals surface area contributed by atoms with E-state index >= 15 is 0 Å². The van der Waals surface area contributed by atoms with Gasteiger partial charge in [0.1, 0.15) is 11.4 Å². The van der Waals surface area contributed by atoms with Crippen molar-refractivity contribution in [3.05, 3.63) is 81.3 Å². The Hall–Kier alpha value is -2.21. The van der Waals surface area contributed by atoms with Gasteiger partial charge in [0.05, 0.1) is 5.01 Å². The predicted octanol–water partition coefficient (Wildman–Crippen LogP) is 5.30. The molecule has 1 saturated heterocycles. The van der Waals surface area contributed by atoms with Gasteiger partial charge in [-0.1, -0.05) is 48.4 Å². The van der Waals surface area contributed by atoms with Crippen molar-refractivity contribution in [3.63, 3.8) is 0 Å². The minimum atomic E-state index is -1.20. The van der Waals surface area contributed by atoms with Gasteiger partial charge in [0.15, 0.2) is 6.29 Å². The molecule has 1 aliphatic rings. The maximum atomic E-state index is 12.5. The van der Waals surface area contributed by atoms with E-state index in [1.807, 2.05) is 60.0 Å². The van der Waals surface area contributed by atoms with E-state index < -0.39 is 5.72 Å². The van der Waals surface area contributed by atoms with Crippen molar-refractivity contribution in [2.24, 2.45) is 0 Å². The normalized spacial score (nSPS) is 16.9. The summed E-state index contributed by atoms with van der Waals surface area (Å²) in [5.74, 6) is 0.664. The number of likely N-dealkylation sites (tertiary alicyclic amines) is 1. The molecule has 4 rings (SSSR count). The molecule has 4 nitrogen and oxygen atoms in total. The highest BCUT2D eigenvalue weighted by Crippen LogP contribution is 2.34. The number of ether oxygens (including phenoxy) is 1. The van der Waals surface area contributed by atoms with Crippen LogP contribution in [0.3, 0.4) is 0 Å². The summed E-state index contributed by atoms with van der Waals surface area (Å²) in [6, 6.07) is 17.3. The number of hydrogen-bond donors (Lipinski definition) is 0. The average molecular weight is 427 g/mol. The second-order valence-corrected chi connectivity index (χ2v) is 8.59. The summed E-state index contributed by atoms with van der Waals surface area (Å²) in [5, 5.41) is 3.62. The summed E-state index contributed by atoms with van der Waals surface area (Å²) in [5.41, 5.74) is 0.595. The zero-order valence-corrected chi connectivity index (χ0v) is 17.7. The molecule has 0 aliphatic carbocycles. The van der Waals surface area contributed by atoms with Crippen LogP contribution in [0.25, 0.3) is 0 Å². The number of rotatable bonds is 7. The van der Waals surface area contributed by atoms with Crippen LogP contribution in [0.5, 0.6) is 5.75 Å². The van der Waals surface area contributed by atoms with E-state index in [0.29, 0.717) is 17.9 Å². The molecule has 1 atom stereocenters. The molecule has 1 fully saturated rings. The summed E-state index contributed by atoms with van der Waals surface area (Å²) in [6.07, 6.45) is 4.88. The standard InChI is InChI=1S/C23H23ClN2O2S/c24-19-11-9-18(10-12-19)15-22-25-21(16-29-22)23(17-27,26-13-5-2-6-14-26)28-20-7-3-1-4-8-20/h1,3-4,7-12,16-17H,2,5-6,13-15H2. The van der Waals surface area contributed by atoms with Crippen LogP contribution in [0.4, 0.5) is 0 Å². The van der Waals surface area contributed by atoms with Gasteiger partial charge >= 0.3 is 0 Å². The Morgan fingerprint density at radius 2 is 1.79 bits per heavy atom. The number of carbonyl (C=O) groups excluding carboxylic acids is 1. The van der Waals surface area contributed by atoms with Crippen molar-refractivity contribution in [2.45, 2.75) is 31.4 Å². The number of halogens is 1. The largest absolute Gasteiger partial charge is 0.460 e. The lowest BCUT2D eigenvalue weighted by molar-refractivity contribution is -0.146. The van der Waals surface area contributed by atoms with Crippen LogP contribution in [-0.2, 0) is 16.9 Å². The number of benzene rings is 2. The monoisotopic (exact) mass is 426 g/mol. The Morgan fingerprint density at radius 1 is 1.07 bits per heavy atom. The average Bonchev–Trinajstić information content (AvgIpc) is 3.24. The molecule has 29 heavy (non-hydrogen) atoms. The molecule has 1 aromatic heterocycles. The maximum absolute atomic E-state index is 12.5. The Morgan fingerprint density at radius 3 is 2.48 bits per heavy atom. The molecule has 0 bridgehead atoms. The number of carbonyl (C=O) groups is 1. The van der Waals surface area contributed by atoms with Crippen LogP contribution in [0.2, 0.25) is 5.02 Å². The first kappa shape index (κ1) is 20.1. The Balaban J connectivity index is 1.66. The van der Waals surface area contributed by atoms with Gasteiger partial charge in [0.2, 0.25) is 0 Å². The highest BCUT2D eigenvalue weighted by atomic mass is 35.5. The zero-order valence-electron chi connectivity index (χ0n) is 16.1. The smallest absolute Gasteiger partial charge is 0.263 e. The number of piperidine rings is 1. The van der Waals surface area contributed by atoms with Gasteiger partial charge in [-0.2, -0.15) is 0 Å². The van der Waals surface area contributed by atoms with Crippen LogP contribution in [0.15, 0.2) is 60.0 Å². The Bertz CT molecular complexity index is 939. The molecular weight excluding hydrogens is 404 g/mol. The number of aldehydes is 1. The number of aromatic nitrogens is 1. The van der Waals surface area contributed by atoms with Crippen molar-refractivity contribution in [3.8, 4) is 5.75 Å². The number of para-hydroxylation sites is 1. The molecular formula is C23H23ClN2O2S. The molecule has 0 radical (unpaired) electrons. The number of nitrogens with zero attached hydrogens (tertiary/aromatic N) is 2. The highest BCUT2D eigenvalue weighted by Gasteiger charge is 2.44. The van der Waals surface area contributed by atoms with E-state index in [2.05, 4.69) is 4.90 Å². The Kier molecular flexibility index (Phi) is 6.28. The molecule has 1 aliphatic heterocycles. The van der Waals surface area contributed by atoms with Gasteiger partial charge < -0.3 is 4.74 Å². The minimum absolute atomic E-state index is 0.659. The molecule has 6 heteroatoms. The van der Waals surface area contributed by atoms with Gasteiger partial charge in [0, 0.05) is 29.9 Å². The zero-order chi connectivity index (χ0) is 20.1. The van der Waals surface area contributed by atoms with Crippen molar-refractivity contribution in [1.29, 1.82) is 0 Å². The van der Waals surface area contributed by atoms with Crippen molar-refractivity contribution in [1.82, 2.24) is 9.88 Å². The van der Waals surface area contributed by atoms with E-state index in [0.717, 1.165) is 47.8 Å². The van der Waals surface area contributed by atoms with Gasteiger partial charge in [-0.3, -0.25) is 9.69 Å². The number of thiazole rings is 1. The third-order valence-electron chi connectivity index (χ3n) is 5.19. The molecule has 0 amide bonds. The van der Waals surface area contributed by atoms with Crippen molar-refractivity contribution >= 4 is 29.2 Å². The van der Waals surface area contributed by atoms with E-state index in [1.54, 1.807) is 11.3 Å². The first-order valence-corrected chi connectivity index (χ1v) is 11.1. The summed E-state index contributed by atoms with van der Waals surface area (Å²) >= 11 is 7.54. The molecule has 1 unspecified atom stereocenters. The van der Waals surface area contributed by atoms with Gasteiger partial charge in [-0.05, 0) is 42.7 Å². The molecule has 2 heterocycles. The predicted molar refractivity (Wildman–Crippen MR) is 117 cm³/mol. The Labute approximate surface area is 180 Å². The first-order chi connectivity index (χ1) is 14.2. The van der Waals surface area contributed by atoms with Crippen molar-refractivity contribution < 1.29 is 9.53 Å². The van der Waals surface area contributed by atoms with Crippen LogP contribution < -0.4 is 4.74 Å². The second kappa shape index (κ2) is 9.08. The van der Waals surface area contributed by atoms with E-state index in [9.17, 15) is 4.79 Å². The summed E-state index contributed by atoms with van der Waals surface area (Å²) in [6.45, 7) is 1.63. The molecule has 0 N–H and O–H groups in total. The quantitative estimate of drug-likeness (QED) is 0.480. The van der Waals surface area contributed by atoms with Gasteiger partial charge in [-0.25, -0.2) is 4.98 Å². The summed E-state index contributed by atoms with van der Waals surface area (Å²) < 4.78 is 6.34. The lowest BCUT2D eigenvalue weighted by Gasteiger charge is -2.40. The molecule has 3 aromatic rings. The van der Waals surface area contributed by atoms with Crippen LogP contribution in [0, 0.1) is 0 Å². The number of hydrogen-bond acceptors (Lipinski definition) is 5. The molecule has 0 saturated carbocycles. The van der Waals surface area contributed by atoms with Crippen molar-refractivity contribution in [2.75, 3.05) is 13.1 Å². The lowest BCUT2D eigenvalue weighted by atomic mass is 10.0. The topological polar surface area (TPSA) is 42.4 Å². The first-order valence-electron chi connectivity index (χ1n) is 9.84. The maximum Gasteiger partial charge on any atom is 0.263 e. The van der Waals surface area contributed by atoms with E-state index in [4.69, 9.17) is 21.3 Å². The van der Waals surface area contributed by atoms with E-state index in [-0.39, 0.29) is 0 Å². The second-order valence-electron chi connectivity index (χ2n) is 7.21. The lowest BCUT2D eigenvalue weighted by Crippen LogP contribution is -2.54. The van der Waals surface area contributed by atoms with Crippen LogP contribution >= 0.6 is 22.9 Å². The molecule has 150 valence electrons.